The first-order valence-electron chi connectivity index (χ1n) is 5.93. The molecular formula is C15H11BrCl2N2. The third-order valence-corrected chi connectivity index (χ3v) is 4.72. The summed E-state index contributed by atoms with van der Waals surface area (Å²) in [5.41, 5.74) is 2.49. The van der Waals surface area contributed by atoms with E-state index in [1.807, 2.05) is 31.2 Å². The van der Waals surface area contributed by atoms with Gasteiger partial charge in [-0.2, -0.15) is 5.26 Å². The molecule has 2 aromatic rings. The zero-order chi connectivity index (χ0) is 14.7. The quantitative estimate of drug-likeness (QED) is 0.694. The maximum Gasteiger partial charge on any atom is 0.0991 e. The molecule has 1 atom stereocenters. The van der Waals surface area contributed by atoms with E-state index >= 15 is 0 Å². The summed E-state index contributed by atoms with van der Waals surface area (Å²) in [7, 11) is 0. The van der Waals surface area contributed by atoms with Crippen LogP contribution in [0.25, 0.3) is 0 Å². The van der Waals surface area contributed by atoms with Gasteiger partial charge in [0.1, 0.15) is 0 Å². The Morgan fingerprint density at radius 2 is 1.75 bits per heavy atom. The number of halogens is 3. The Bertz CT molecular complexity index is 663. The van der Waals surface area contributed by atoms with E-state index in [0.717, 1.165) is 15.7 Å². The summed E-state index contributed by atoms with van der Waals surface area (Å²) in [6, 6.07) is 13.3. The van der Waals surface area contributed by atoms with Crippen LogP contribution in [0.15, 0.2) is 40.9 Å². The number of nitriles is 1. The zero-order valence-corrected chi connectivity index (χ0v) is 13.7. The van der Waals surface area contributed by atoms with Crippen LogP contribution in [-0.4, -0.2) is 0 Å². The molecular weight excluding hydrogens is 359 g/mol. The molecule has 2 nitrogen and oxygen atoms in total. The first kappa shape index (κ1) is 15.2. The first-order chi connectivity index (χ1) is 9.52. The van der Waals surface area contributed by atoms with E-state index in [0.29, 0.717) is 15.6 Å². The Morgan fingerprint density at radius 3 is 2.35 bits per heavy atom. The van der Waals surface area contributed by atoms with Crippen molar-refractivity contribution in [3.63, 3.8) is 0 Å². The fourth-order valence-corrected chi connectivity index (χ4v) is 2.63. The second-order valence-electron chi connectivity index (χ2n) is 4.32. The third-order valence-electron chi connectivity index (χ3n) is 2.95. The highest BCUT2D eigenvalue weighted by atomic mass is 79.9. The maximum atomic E-state index is 8.79. The molecule has 0 radical (unpaired) electrons. The van der Waals surface area contributed by atoms with Gasteiger partial charge in [0.25, 0.3) is 0 Å². The minimum absolute atomic E-state index is 0.0532. The van der Waals surface area contributed by atoms with Crippen LogP contribution in [0.5, 0.6) is 0 Å². The zero-order valence-electron chi connectivity index (χ0n) is 10.6. The van der Waals surface area contributed by atoms with E-state index in [4.69, 9.17) is 28.5 Å². The van der Waals surface area contributed by atoms with Crippen molar-refractivity contribution in [2.75, 3.05) is 5.32 Å². The van der Waals surface area contributed by atoms with Crippen molar-refractivity contribution in [1.82, 2.24) is 0 Å². The number of anilines is 1. The number of hydrogen-bond acceptors (Lipinski definition) is 2. The summed E-state index contributed by atoms with van der Waals surface area (Å²) in [6.07, 6.45) is 0. The third kappa shape index (κ3) is 3.27. The van der Waals surface area contributed by atoms with Gasteiger partial charge in [-0.25, -0.2) is 0 Å². The standard InChI is InChI=1S/C15H11BrCl2N2/c1-9(11-4-2-10(8-19)3-5-11)20-13-7-6-12(16)14(17)15(13)18/h2-7,9,20H,1H3. The summed E-state index contributed by atoms with van der Waals surface area (Å²) in [5, 5.41) is 13.1. The Balaban J connectivity index is 2.21. The molecule has 0 bridgehead atoms. The van der Waals surface area contributed by atoms with Gasteiger partial charge in [-0.3, -0.25) is 0 Å². The number of nitrogens with one attached hydrogen (secondary N) is 1. The molecule has 102 valence electrons. The average Bonchev–Trinajstić information content (AvgIpc) is 2.48. The van der Waals surface area contributed by atoms with Crippen LogP contribution >= 0.6 is 39.1 Å². The monoisotopic (exact) mass is 368 g/mol. The number of benzene rings is 2. The van der Waals surface area contributed by atoms with Crippen molar-refractivity contribution >= 4 is 44.8 Å². The highest BCUT2D eigenvalue weighted by molar-refractivity contribution is 9.10. The van der Waals surface area contributed by atoms with E-state index < -0.39 is 0 Å². The molecule has 0 amide bonds. The predicted molar refractivity (Wildman–Crippen MR) is 87.4 cm³/mol. The van der Waals surface area contributed by atoms with Crippen molar-refractivity contribution in [1.29, 1.82) is 5.26 Å². The van der Waals surface area contributed by atoms with Crippen molar-refractivity contribution in [2.24, 2.45) is 0 Å². The van der Waals surface area contributed by atoms with E-state index in [1.54, 1.807) is 12.1 Å². The molecule has 0 heterocycles. The van der Waals surface area contributed by atoms with Gasteiger partial charge in [0, 0.05) is 10.5 Å². The normalized spacial score (nSPS) is 11.8. The minimum Gasteiger partial charge on any atom is -0.377 e. The largest absolute Gasteiger partial charge is 0.377 e. The molecule has 0 saturated carbocycles. The highest BCUT2D eigenvalue weighted by Gasteiger charge is 2.11. The van der Waals surface area contributed by atoms with Gasteiger partial charge in [0.05, 0.1) is 27.4 Å². The molecule has 0 spiro atoms. The molecule has 0 aliphatic rings. The molecule has 0 aliphatic carbocycles. The molecule has 0 fully saturated rings. The summed E-state index contributed by atoms with van der Waals surface area (Å²) in [4.78, 5) is 0. The number of hydrogen-bond donors (Lipinski definition) is 1. The molecule has 2 aromatic carbocycles. The van der Waals surface area contributed by atoms with Crippen LogP contribution in [0.2, 0.25) is 10.0 Å². The Labute approximate surface area is 136 Å². The van der Waals surface area contributed by atoms with E-state index in [9.17, 15) is 0 Å². The minimum atomic E-state index is 0.0532. The lowest BCUT2D eigenvalue weighted by Gasteiger charge is -2.17. The Morgan fingerprint density at radius 1 is 1.10 bits per heavy atom. The van der Waals surface area contributed by atoms with Crippen molar-refractivity contribution < 1.29 is 0 Å². The maximum absolute atomic E-state index is 8.79. The first-order valence-corrected chi connectivity index (χ1v) is 7.48. The van der Waals surface area contributed by atoms with Crippen molar-refractivity contribution in [3.05, 3.63) is 62.0 Å². The fourth-order valence-electron chi connectivity index (χ4n) is 1.80. The summed E-state index contributed by atoms with van der Waals surface area (Å²) in [5.74, 6) is 0. The molecule has 0 aliphatic heterocycles. The number of nitrogens with zero attached hydrogens (tertiary/aromatic N) is 1. The van der Waals surface area contributed by atoms with E-state index in [2.05, 4.69) is 27.3 Å². The van der Waals surface area contributed by atoms with Crippen LogP contribution in [0.3, 0.4) is 0 Å². The van der Waals surface area contributed by atoms with Gasteiger partial charge >= 0.3 is 0 Å². The molecule has 0 aromatic heterocycles. The van der Waals surface area contributed by atoms with Crippen LogP contribution < -0.4 is 5.32 Å². The lowest BCUT2D eigenvalue weighted by atomic mass is 10.1. The fraction of sp³-hybridized carbons (Fsp3) is 0.133. The molecule has 2 rings (SSSR count). The van der Waals surface area contributed by atoms with Crippen LogP contribution in [0.4, 0.5) is 5.69 Å². The predicted octanol–water partition coefficient (Wildman–Crippen LogP) is 5.80. The van der Waals surface area contributed by atoms with Gasteiger partial charge < -0.3 is 5.32 Å². The second kappa shape index (κ2) is 6.49. The smallest absolute Gasteiger partial charge is 0.0991 e. The van der Waals surface area contributed by atoms with Gasteiger partial charge in [-0.15, -0.1) is 0 Å². The molecule has 0 saturated heterocycles. The highest BCUT2D eigenvalue weighted by Crippen LogP contribution is 2.37. The lowest BCUT2D eigenvalue weighted by molar-refractivity contribution is 0.884. The van der Waals surface area contributed by atoms with Gasteiger partial charge in [-0.05, 0) is 52.7 Å². The van der Waals surface area contributed by atoms with Crippen LogP contribution in [-0.2, 0) is 0 Å². The average molecular weight is 370 g/mol. The molecule has 5 heteroatoms. The van der Waals surface area contributed by atoms with E-state index in [-0.39, 0.29) is 6.04 Å². The molecule has 20 heavy (non-hydrogen) atoms. The summed E-state index contributed by atoms with van der Waals surface area (Å²) >= 11 is 15.6. The summed E-state index contributed by atoms with van der Waals surface area (Å²) in [6.45, 7) is 2.02. The van der Waals surface area contributed by atoms with Gasteiger partial charge in [0.2, 0.25) is 0 Å². The lowest BCUT2D eigenvalue weighted by Crippen LogP contribution is -2.07. The van der Waals surface area contributed by atoms with E-state index in [1.165, 1.54) is 0 Å². The Kier molecular flexibility index (Phi) is 4.93. The summed E-state index contributed by atoms with van der Waals surface area (Å²) < 4.78 is 0.765. The van der Waals surface area contributed by atoms with Crippen LogP contribution in [0, 0.1) is 11.3 Å². The molecule has 1 N–H and O–H groups in total. The molecule has 1 unspecified atom stereocenters. The van der Waals surface area contributed by atoms with Crippen molar-refractivity contribution in [3.8, 4) is 6.07 Å². The number of rotatable bonds is 3. The van der Waals surface area contributed by atoms with Crippen LogP contribution in [0.1, 0.15) is 24.1 Å². The SMILES string of the molecule is CC(Nc1ccc(Br)c(Cl)c1Cl)c1ccc(C#N)cc1. The van der Waals surface area contributed by atoms with Gasteiger partial charge in [-0.1, -0.05) is 35.3 Å². The topological polar surface area (TPSA) is 35.8 Å². The van der Waals surface area contributed by atoms with Gasteiger partial charge in [0.15, 0.2) is 0 Å². The van der Waals surface area contributed by atoms with Crippen molar-refractivity contribution in [2.45, 2.75) is 13.0 Å². The second-order valence-corrected chi connectivity index (χ2v) is 5.93. The Hall–Kier alpha value is -1.21.